The van der Waals surface area contributed by atoms with Crippen LogP contribution in [0.4, 0.5) is 0 Å². The van der Waals surface area contributed by atoms with E-state index in [1.165, 1.54) is 0 Å². The Morgan fingerprint density at radius 3 is 2.05 bits per heavy atom. The van der Waals surface area contributed by atoms with Crippen molar-refractivity contribution in [3.05, 3.63) is 12.2 Å². The Bertz CT molecular complexity index is 299. The second-order valence-electron chi connectivity index (χ2n) is 5.29. The molecule has 0 fully saturated rings. The Morgan fingerprint density at radius 2 is 1.64 bits per heavy atom. The first-order chi connectivity index (χ1) is 10.5. The van der Waals surface area contributed by atoms with Gasteiger partial charge in [-0.2, -0.15) is 0 Å². The molecule has 0 aromatic heterocycles. The van der Waals surface area contributed by atoms with E-state index < -0.39 is 16.2 Å². The van der Waals surface area contributed by atoms with Gasteiger partial charge in [0.1, 0.15) is 5.73 Å². The summed E-state index contributed by atoms with van der Waals surface area (Å²) in [5, 5.41) is 0. The second kappa shape index (κ2) is 13.9. The summed E-state index contributed by atoms with van der Waals surface area (Å²) in [6, 6.07) is 0. The molecule has 0 spiro atoms. The molecule has 0 aromatic carbocycles. The number of hydrogen-bond donors (Lipinski definition) is 0. The van der Waals surface area contributed by atoms with Gasteiger partial charge in [-0.1, -0.05) is 40.2 Å². The van der Waals surface area contributed by atoms with E-state index in [1.54, 1.807) is 6.92 Å². The van der Waals surface area contributed by atoms with Gasteiger partial charge in [-0.05, 0) is 26.2 Å². The Hall–Kier alpha value is -0.693. The molecule has 22 heavy (non-hydrogen) atoms. The van der Waals surface area contributed by atoms with E-state index in [9.17, 15) is 4.79 Å². The summed E-state index contributed by atoms with van der Waals surface area (Å²) < 4.78 is 22.3. The summed E-state index contributed by atoms with van der Waals surface area (Å²) in [7, 11) is -1.10. The number of hydrogen-bond acceptors (Lipinski definition) is 5. The number of carbonyl (C=O) groups excluding carboxylic acids is 1. The molecule has 0 aliphatic rings. The van der Waals surface area contributed by atoms with Gasteiger partial charge in [0.05, 0.1) is 13.2 Å². The van der Waals surface area contributed by atoms with E-state index in [2.05, 4.69) is 20.4 Å². The summed E-state index contributed by atoms with van der Waals surface area (Å²) in [4.78, 5) is 11.6. The van der Waals surface area contributed by atoms with Crippen molar-refractivity contribution < 1.29 is 23.4 Å². The van der Waals surface area contributed by atoms with Crippen LogP contribution in [0.15, 0.2) is 12.2 Å². The molecule has 0 bridgehead atoms. The van der Waals surface area contributed by atoms with Crippen molar-refractivity contribution in [1.29, 1.82) is 0 Å². The average Bonchev–Trinajstić information content (AvgIpc) is 2.50. The second-order valence-corrected chi connectivity index (χ2v) is 6.86. The first kappa shape index (κ1) is 21.3. The van der Waals surface area contributed by atoms with Crippen LogP contribution in [0.1, 0.15) is 59.8 Å². The molecule has 0 aromatic rings. The lowest BCUT2D eigenvalue weighted by atomic mass is 10.4. The standard InChI is InChI=1S/C16H32O5Si/c1-6-9-11-18-16(19-12-10-7-2)21-22-14(8-3)20-15(17)13(4)5/h14,16H,4,6-12,22H2,1-3,5H3. The predicted molar refractivity (Wildman–Crippen MR) is 90.1 cm³/mol. The molecule has 130 valence electrons. The zero-order valence-electron chi connectivity index (χ0n) is 14.6. The zero-order valence-corrected chi connectivity index (χ0v) is 16.0. The van der Waals surface area contributed by atoms with E-state index >= 15 is 0 Å². The molecule has 1 unspecified atom stereocenters. The fourth-order valence-corrected chi connectivity index (χ4v) is 2.48. The molecular weight excluding hydrogens is 300 g/mol. The summed E-state index contributed by atoms with van der Waals surface area (Å²) >= 11 is 0. The Labute approximate surface area is 137 Å². The highest BCUT2D eigenvalue weighted by Gasteiger charge is 2.18. The number of rotatable bonds is 14. The van der Waals surface area contributed by atoms with E-state index in [-0.39, 0.29) is 11.7 Å². The molecule has 0 N–H and O–H groups in total. The maximum Gasteiger partial charge on any atom is 0.333 e. The Kier molecular flexibility index (Phi) is 13.5. The van der Waals surface area contributed by atoms with Gasteiger partial charge in [-0.25, -0.2) is 4.79 Å². The minimum atomic E-state index is -1.10. The van der Waals surface area contributed by atoms with Crippen molar-refractivity contribution in [3.8, 4) is 0 Å². The fraction of sp³-hybridized carbons (Fsp3) is 0.812. The lowest BCUT2D eigenvalue weighted by Gasteiger charge is -2.22. The van der Waals surface area contributed by atoms with Crippen molar-refractivity contribution in [2.75, 3.05) is 13.2 Å². The van der Waals surface area contributed by atoms with Gasteiger partial charge < -0.3 is 18.6 Å². The van der Waals surface area contributed by atoms with Crippen molar-refractivity contribution >= 4 is 15.7 Å². The van der Waals surface area contributed by atoms with Crippen molar-refractivity contribution in [2.24, 2.45) is 0 Å². The average molecular weight is 333 g/mol. The molecule has 5 nitrogen and oxygen atoms in total. The topological polar surface area (TPSA) is 54.0 Å². The lowest BCUT2D eigenvalue weighted by molar-refractivity contribution is -0.249. The molecule has 0 saturated heterocycles. The summed E-state index contributed by atoms with van der Waals surface area (Å²) in [6.45, 7) is 12.0. The number of ether oxygens (including phenoxy) is 3. The van der Waals surface area contributed by atoms with Gasteiger partial charge in [0.15, 0.2) is 0 Å². The third-order valence-electron chi connectivity index (χ3n) is 3.00. The molecular formula is C16H32O5Si. The van der Waals surface area contributed by atoms with E-state index in [4.69, 9.17) is 18.6 Å². The molecule has 0 radical (unpaired) electrons. The monoisotopic (exact) mass is 332 g/mol. The predicted octanol–water partition coefficient (Wildman–Crippen LogP) is 2.86. The third-order valence-corrected chi connectivity index (χ3v) is 4.58. The Balaban J connectivity index is 4.23. The lowest BCUT2D eigenvalue weighted by Crippen LogP contribution is -2.32. The van der Waals surface area contributed by atoms with Crippen molar-refractivity contribution in [3.63, 3.8) is 0 Å². The van der Waals surface area contributed by atoms with Gasteiger partial charge >= 0.3 is 5.97 Å². The largest absolute Gasteiger partial charge is 0.461 e. The number of carbonyl (C=O) groups is 1. The quantitative estimate of drug-likeness (QED) is 0.161. The highest BCUT2D eigenvalue weighted by atomic mass is 28.2. The van der Waals surface area contributed by atoms with Gasteiger partial charge in [0, 0.05) is 5.57 Å². The fourth-order valence-electron chi connectivity index (χ4n) is 1.47. The Morgan fingerprint density at radius 1 is 1.09 bits per heavy atom. The molecule has 6 heteroatoms. The first-order valence-electron chi connectivity index (χ1n) is 8.26. The molecule has 0 aliphatic carbocycles. The maximum atomic E-state index is 11.6. The van der Waals surface area contributed by atoms with E-state index in [1.807, 2.05) is 6.92 Å². The first-order valence-corrected chi connectivity index (χ1v) is 9.65. The molecule has 1 atom stereocenters. The highest BCUT2D eigenvalue weighted by Crippen LogP contribution is 2.06. The maximum absolute atomic E-state index is 11.6. The molecule has 0 amide bonds. The summed E-state index contributed by atoms with van der Waals surface area (Å²) in [6.07, 6.45) is 4.79. The van der Waals surface area contributed by atoms with Crippen LogP contribution in [0.5, 0.6) is 0 Å². The van der Waals surface area contributed by atoms with Gasteiger partial charge in [0.2, 0.25) is 9.76 Å². The summed E-state index contributed by atoms with van der Waals surface area (Å²) in [5.74, 6) is -0.363. The van der Waals surface area contributed by atoms with Crippen molar-refractivity contribution in [2.45, 2.75) is 72.0 Å². The SMILES string of the molecule is C=C(C)C(=O)OC(CC)[SiH2]OC(OCCCC)OCCCC. The smallest absolute Gasteiger partial charge is 0.333 e. The molecule has 0 saturated carbocycles. The van der Waals surface area contributed by atoms with Crippen LogP contribution in [0.25, 0.3) is 0 Å². The van der Waals surface area contributed by atoms with Crippen molar-refractivity contribution in [1.82, 2.24) is 0 Å². The van der Waals surface area contributed by atoms with E-state index in [0.717, 1.165) is 32.1 Å². The van der Waals surface area contributed by atoms with Gasteiger partial charge in [-0.3, -0.25) is 0 Å². The zero-order chi connectivity index (χ0) is 16.8. The van der Waals surface area contributed by atoms with Gasteiger partial charge in [0.25, 0.3) is 6.48 Å². The number of esters is 1. The van der Waals surface area contributed by atoms with Gasteiger partial charge in [-0.15, -0.1) is 0 Å². The van der Waals surface area contributed by atoms with Crippen LogP contribution >= 0.6 is 0 Å². The molecule has 0 aliphatic heterocycles. The minimum absolute atomic E-state index is 0.184. The van der Waals surface area contributed by atoms with Crippen LogP contribution in [-0.2, 0) is 23.4 Å². The summed E-state index contributed by atoms with van der Waals surface area (Å²) in [5.41, 5.74) is 0.221. The van der Waals surface area contributed by atoms with Crippen LogP contribution in [0, 0.1) is 0 Å². The minimum Gasteiger partial charge on any atom is -0.461 e. The third kappa shape index (κ3) is 11.0. The highest BCUT2D eigenvalue weighted by molar-refractivity contribution is 6.29. The molecule has 0 heterocycles. The van der Waals surface area contributed by atoms with E-state index in [0.29, 0.717) is 18.8 Å². The normalized spacial score (nSPS) is 13.0. The number of unbranched alkanes of at least 4 members (excludes halogenated alkanes) is 2. The molecule has 0 rings (SSSR count). The van der Waals surface area contributed by atoms with Crippen LogP contribution in [0.2, 0.25) is 0 Å². The van der Waals surface area contributed by atoms with Crippen LogP contribution in [-0.4, -0.2) is 41.1 Å². The van der Waals surface area contributed by atoms with Crippen LogP contribution < -0.4 is 0 Å². The van der Waals surface area contributed by atoms with Crippen LogP contribution in [0.3, 0.4) is 0 Å².